The number of benzene rings is 1. The van der Waals surface area contributed by atoms with Gasteiger partial charge in [-0.15, -0.1) is 0 Å². The van der Waals surface area contributed by atoms with Crippen LogP contribution in [0.3, 0.4) is 0 Å². The van der Waals surface area contributed by atoms with Crippen molar-refractivity contribution in [3.8, 4) is 0 Å². The summed E-state index contributed by atoms with van der Waals surface area (Å²) in [6.45, 7) is 3.66. The molecule has 2 aliphatic heterocycles. The standard InChI is InChI=1S/C14H15FN2O2.C11H11N3O3/c1-9-7-8-10(13(18)16-9)14(19)17(2)12-6-4-3-5-11(12)15;15-9-5-4-7(11(17)14-9)10(16)13-8-3-1-2-6-12-8/h3-6,10H,1,7-8H2,2H3,(H,16,18);1-3,6-7H,4-5H2,(H,12,13,16)(H,14,15,17). The predicted molar refractivity (Wildman–Crippen MR) is 129 cm³/mol. The SMILES string of the molecule is C=C1CCC(C(=O)N(C)c2ccccc2F)C(=O)N1.O=C1CCC(C(=O)Nc2ccccn2)C(=O)N1. The van der Waals surface area contributed by atoms with Crippen LogP contribution in [0.15, 0.2) is 60.9 Å². The second-order valence-corrected chi connectivity index (χ2v) is 8.24. The van der Waals surface area contributed by atoms with Gasteiger partial charge in [-0.25, -0.2) is 9.37 Å². The van der Waals surface area contributed by atoms with E-state index in [9.17, 15) is 28.4 Å². The van der Waals surface area contributed by atoms with Gasteiger partial charge in [0.15, 0.2) is 0 Å². The molecule has 2 atom stereocenters. The number of piperidine rings is 2. The van der Waals surface area contributed by atoms with Crippen LogP contribution >= 0.6 is 0 Å². The van der Waals surface area contributed by atoms with Crippen LogP contribution in [0.5, 0.6) is 0 Å². The molecule has 3 heterocycles. The van der Waals surface area contributed by atoms with Crippen LogP contribution in [0.2, 0.25) is 0 Å². The minimum atomic E-state index is -0.824. The number of anilines is 2. The van der Waals surface area contributed by atoms with Crippen molar-refractivity contribution in [1.29, 1.82) is 0 Å². The molecular formula is C25H26FN5O5. The van der Waals surface area contributed by atoms with Gasteiger partial charge in [0.1, 0.15) is 23.5 Å². The average molecular weight is 496 g/mol. The fraction of sp³-hybridized carbons (Fsp3) is 0.280. The van der Waals surface area contributed by atoms with E-state index in [-0.39, 0.29) is 30.3 Å². The second-order valence-electron chi connectivity index (χ2n) is 8.24. The van der Waals surface area contributed by atoms with Crippen molar-refractivity contribution < 1.29 is 28.4 Å². The number of pyridine rings is 1. The first-order valence-corrected chi connectivity index (χ1v) is 11.2. The highest BCUT2D eigenvalue weighted by atomic mass is 19.1. The summed E-state index contributed by atoms with van der Waals surface area (Å²) in [7, 11) is 1.47. The van der Waals surface area contributed by atoms with Crippen LogP contribution in [0.1, 0.15) is 25.7 Å². The Hall–Kier alpha value is -4.41. The van der Waals surface area contributed by atoms with E-state index in [1.54, 1.807) is 36.5 Å². The Labute approximate surface area is 207 Å². The normalized spacial score (nSPS) is 19.3. The molecule has 11 heteroatoms. The molecule has 0 saturated carbocycles. The Morgan fingerprint density at radius 3 is 2.31 bits per heavy atom. The van der Waals surface area contributed by atoms with Gasteiger partial charge in [0.05, 0.1) is 5.69 Å². The molecule has 1 aromatic carbocycles. The molecule has 0 radical (unpaired) electrons. The van der Waals surface area contributed by atoms with Crippen LogP contribution in [-0.4, -0.2) is 41.6 Å². The zero-order valence-corrected chi connectivity index (χ0v) is 19.6. The molecule has 1 aromatic heterocycles. The van der Waals surface area contributed by atoms with Gasteiger partial charge >= 0.3 is 0 Å². The fourth-order valence-electron chi connectivity index (χ4n) is 3.68. The van der Waals surface area contributed by atoms with Crippen molar-refractivity contribution in [3.63, 3.8) is 0 Å². The molecule has 2 saturated heterocycles. The molecule has 2 unspecified atom stereocenters. The van der Waals surface area contributed by atoms with Gasteiger partial charge < -0.3 is 15.5 Å². The van der Waals surface area contributed by atoms with E-state index in [2.05, 4.69) is 27.5 Å². The van der Waals surface area contributed by atoms with E-state index in [0.29, 0.717) is 24.4 Å². The first-order chi connectivity index (χ1) is 17.2. The largest absolute Gasteiger partial charge is 0.330 e. The number of aromatic nitrogens is 1. The first kappa shape index (κ1) is 26.2. The minimum Gasteiger partial charge on any atom is -0.330 e. The number of hydrogen-bond acceptors (Lipinski definition) is 6. The molecule has 36 heavy (non-hydrogen) atoms. The molecule has 2 fully saturated rings. The van der Waals surface area contributed by atoms with E-state index in [4.69, 9.17) is 0 Å². The summed E-state index contributed by atoms with van der Waals surface area (Å²) in [5.41, 5.74) is 0.785. The Kier molecular flexibility index (Phi) is 8.61. The highest BCUT2D eigenvalue weighted by Gasteiger charge is 2.34. The van der Waals surface area contributed by atoms with Crippen molar-refractivity contribution >= 4 is 41.0 Å². The Bertz CT molecular complexity index is 1190. The maximum absolute atomic E-state index is 13.6. The lowest BCUT2D eigenvalue weighted by Gasteiger charge is -2.27. The van der Waals surface area contributed by atoms with Crippen LogP contribution in [0, 0.1) is 17.7 Å². The lowest BCUT2D eigenvalue weighted by molar-refractivity contribution is -0.140. The van der Waals surface area contributed by atoms with Crippen LogP contribution < -0.4 is 20.9 Å². The molecule has 0 spiro atoms. The van der Waals surface area contributed by atoms with Gasteiger partial charge in [0, 0.05) is 25.4 Å². The molecule has 2 aromatic rings. The summed E-state index contributed by atoms with van der Waals surface area (Å²) in [5, 5.41) is 7.23. The van der Waals surface area contributed by atoms with Gasteiger partial charge in [0.2, 0.25) is 29.5 Å². The Morgan fingerprint density at radius 2 is 1.67 bits per heavy atom. The molecule has 4 rings (SSSR count). The quantitative estimate of drug-likeness (QED) is 0.438. The van der Waals surface area contributed by atoms with Crippen molar-refractivity contribution in [3.05, 3.63) is 66.8 Å². The Balaban J connectivity index is 0.000000202. The third kappa shape index (κ3) is 6.59. The van der Waals surface area contributed by atoms with Gasteiger partial charge in [-0.05, 0) is 43.5 Å². The van der Waals surface area contributed by atoms with E-state index < -0.39 is 35.4 Å². The van der Waals surface area contributed by atoms with Gasteiger partial charge in [0.25, 0.3) is 0 Å². The van der Waals surface area contributed by atoms with Crippen LogP contribution in [0.4, 0.5) is 15.9 Å². The molecule has 10 nitrogen and oxygen atoms in total. The predicted octanol–water partition coefficient (Wildman–Crippen LogP) is 1.90. The average Bonchev–Trinajstić information content (AvgIpc) is 2.84. The van der Waals surface area contributed by atoms with E-state index >= 15 is 0 Å². The first-order valence-electron chi connectivity index (χ1n) is 11.2. The maximum Gasteiger partial charge on any atom is 0.239 e. The molecule has 0 aliphatic carbocycles. The van der Waals surface area contributed by atoms with E-state index in [0.717, 1.165) is 0 Å². The number of nitrogens with zero attached hydrogens (tertiary/aromatic N) is 2. The minimum absolute atomic E-state index is 0.171. The summed E-state index contributed by atoms with van der Waals surface area (Å²) in [4.78, 5) is 63.2. The highest BCUT2D eigenvalue weighted by molar-refractivity contribution is 6.12. The third-order valence-electron chi connectivity index (χ3n) is 5.67. The number of rotatable bonds is 4. The number of imide groups is 1. The molecule has 3 N–H and O–H groups in total. The monoisotopic (exact) mass is 495 g/mol. The second kappa shape index (κ2) is 11.8. The summed E-state index contributed by atoms with van der Waals surface area (Å²) in [5.74, 6) is -3.80. The Morgan fingerprint density at radius 1 is 1.00 bits per heavy atom. The van der Waals surface area contributed by atoms with E-state index in [1.165, 1.54) is 24.1 Å². The highest BCUT2D eigenvalue weighted by Crippen LogP contribution is 2.23. The summed E-state index contributed by atoms with van der Waals surface area (Å²) in [6, 6.07) is 11.1. The van der Waals surface area contributed by atoms with Crippen LogP contribution in [0.25, 0.3) is 0 Å². The van der Waals surface area contributed by atoms with Crippen molar-refractivity contribution in [2.75, 3.05) is 17.3 Å². The van der Waals surface area contributed by atoms with Gasteiger partial charge in [-0.3, -0.25) is 29.3 Å². The summed E-state index contributed by atoms with van der Waals surface area (Å²) in [6.07, 6.45) is 2.94. The van der Waals surface area contributed by atoms with Crippen molar-refractivity contribution in [1.82, 2.24) is 15.6 Å². The number of allylic oxidation sites excluding steroid dienone is 1. The molecule has 0 bridgehead atoms. The van der Waals surface area contributed by atoms with Crippen molar-refractivity contribution in [2.24, 2.45) is 11.8 Å². The number of carbonyl (C=O) groups excluding carboxylic acids is 5. The topological polar surface area (TPSA) is 138 Å². The third-order valence-corrected chi connectivity index (χ3v) is 5.67. The summed E-state index contributed by atoms with van der Waals surface area (Å²) < 4.78 is 13.6. The van der Waals surface area contributed by atoms with Crippen LogP contribution in [-0.2, 0) is 24.0 Å². The number of nitrogens with one attached hydrogen (secondary N) is 3. The zero-order chi connectivity index (χ0) is 26.2. The summed E-state index contributed by atoms with van der Waals surface area (Å²) >= 11 is 0. The number of halogens is 1. The smallest absolute Gasteiger partial charge is 0.239 e. The van der Waals surface area contributed by atoms with E-state index in [1.807, 2.05) is 0 Å². The lowest BCUT2D eigenvalue weighted by Crippen LogP contribution is -2.45. The fourth-order valence-corrected chi connectivity index (χ4v) is 3.68. The number of para-hydroxylation sites is 1. The molecule has 188 valence electrons. The van der Waals surface area contributed by atoms with Gasteiger partial charge in [-0.1, -0.05) is 24.8 Å². The number of carbonyl (C=O) groups is 5. The molecule has 5 amide bonds. The van der Waals surface area contributed by atoms with Gasteiger partial charge in [-0.2, -0.15) is 0 Å². The molecular weight excluding hydrogens is 469 g/mol. The number of amides is 5. The lowest BCUT2D eigenvalue weighted by atomic mass is 9.95. The zero-order valence-electron chi connectivity index (χ0n) is 19.6. The maximum atomic E-state index is 13.6. The number of hydrogen-bond donors (Lipinski definition) is 3. The molecule has 2 aliphatic rings. The van der Waals surface area contributed by atoms with Crippen molar-refractivity contribution in [2.45, 2.75) is 25.7 Å².